The Morgan fingerprint density at radius 3 is 2.84 bits per heavy atom. The summed E-state index contributed by atoms with van der Waals surface area (Å²) in [4.78, 5) is 1.37. The highest BCUT2D eigenvalue weighted by molar-refractivity contribution is 8.00. The molecule has 1 atom stereocenters. The van der Waals surface area contributed by atoms with Crippen LogP contribution in [0.15, 0.2) is 41.3 Å². The summed E-state index contributed by atoms with van der Waals surface area (Å²) >= 11 is 1.98. The van der Waals surface area contributed by atoms with Gasteiger partial charge in [0.05, 0.1) is 6.61 Å². The van der Waals surface area contributed by atoms with E-state index < -0.39 is 0 Å². The minimum atomic E-state index is 0.666. The van der Waals surface area contributed by atoms with Crippen LogP contribution in [0.4, 0.5) is 0 Å². The second-order valence-corrected chi connectivity index (χ2v) is 6.14. The van der Waals surface area contributed by atoms with E-state index in [9.17, 15) is 0 Å². The molecule has 2 nitrogen and oxygen atoms in total. The number of ether oxygens (including phenoxy) is 1. The van der Waals surface area contributed by atoms with Gasteiger partial charge in [-0.1, -0.05) is 24.3 Å². The first-order valence-corrected chi connectivity index (χ1v) is 7.88. The Kier molecular flexibility index (Phi) is 6.48. The SMILES string of the molecule is COCCNCc1ccc(SC2C=CCCC2)cc1. The predicted molar refractivity (Wildman–Crippen MR) is 82.7 cm³/mol. The molecule has 0 spiro atoms. The van der Waals surface area contributed by atoms with Crippen LogP contribution in [-0.4, -0.2) is 25.5 Å². The summed E-state index contributed by atoms with van der Waals surface area (Å²) < 4.78 is 5.01. The lowest BCUT2D eigenvalue weighted by atomic mass is 10.1. The van der Waals surface area contributed by atoms with Gasteiger partial charge in [-0.05, 0) is 37.0 Å². The number of nitrogens with one attached hydrogen (secondary N) is 1. The fourth-order valence-electron chi connectivity index (χ4n) is 2.15. The average molecular weight is 277 g/mol. The Balaban J connectivity index is 1.77. The number of hydrogen-bond acceptors (Lipinski definition) is 3. The first-order valence-electron chi connectivity index (χ1n) is 7.00. The Hall–Kier alpha value is -0.770. The number of allylic oxidation sites excluding steroid dienone is 1. The number of methoxy groups -OCH3 is 1. The molecule has 0 heterocycles. The van der Waals surface area contributed by atoms with E-state index >= 15 is 0 Å². The largest absolute Gasteiger partial charge is 0.383 e. The molecule has 1 aliphatic carbocycles. The van der Waals surface area contributed by atoms with Crippen molar-refractivity contribution in [2.75, 3.05) is 20.3 Å². The number of benzene rings is 1. The molecule has 104 valence electrons. The van der Waals surface area contributed by atoms with Gasteiger partial charge in [0.1, 0.15) is 0 Å². The van der Waals surface area contributed by atoms with Crippen LogP contribution >= 0.6 is 11.8 Å². The van der Waals surface area contributed by atoms with Gasteiger partial charge in [-0.15, -0.1) is 11.8 Å². The maximum atomic E-state index is 5.01. The molecule has 1 aromatic rings. The van der Waals surface area contributed by atoms with Gasteiger partial charge in [0.25, 0.3) is 0 Å². The van der Waals surface area contributed by atoms with E-state index in [4.69, 9.17) is 4.74 Å². The summed E-state index contributed by atoms with van der Waals surface area (Å²) in [5.41, 5.74) is 1.33. The van der Waals surface area contributed by atoms with Gasteiger partial charge in [0.15, 0.2) is 0 Å². The number of hydrogen-bond donors (Lipinski definition) is 1. The Labute approximate surface area is 120 Å². The van der Waals surface area contributed by atoms with Gasteiger partial charge >= 0.3 is 0 Å². The van der Waals surface area contributed by atoms with E-state index in [1.54, 1.807) is 7.11 Å². The molecule has 0 bridgehead atoms. The van der Waals surface area contributed by atoms with E-state index in [0.29, 0.717) is 5.25 Å². The van der Waals surface area contributed by atoms with Crippen molar-refractivity contribution in [2.45, 2.75) is 36.0 Å². The van der Waals surface area contributed by atoms with Gasteiger partial charge in [-0.2, -0.15) is 0 Å². The highest BCUT2D eigenvalue weighted by Crippen LogP contribution is 2.30. The fraction of sp³-hybridized carbons (Fsp3) is 0.500. The van der Waals surface area contributed by atoms with Crippen LogP contribution in [0.2, 0.25) is 0 Å². The number of thioether (sulfide) groups is 1. The lowest BCUT2D eigenvalue weighted by Gasteiger charge is -2.15. The summed E-state index contributed by atoms with van der Waals surface area (Å²) in [7, 11) is 1.73. The highest BCUT2D eigenvalue weighted by atomic mass is 32.2. The third kappa shape index (κ3) is 5.39. The quantitative estimate of drug-likeness (QED) is 0.607. The van der Waals surface area contributed by atoms with Gasteiger partial charge in [0.2, 0.25) is 0 Å². The van der Waals surface area contributed by atoms with Crippen molar-refractivity contribution < 1.29 is 4.74 Å². The minimum Gasteiger partial charge on any atom is -0.383 e. The second-order valence-electron chi connectivity index (χ2n) is 4.83. The van der Waals surface area contributed by atoms with Gasteiger partial charge in [-0.25, -0.2) is 0 Å². The normalized spacial score (nSPS) is 18.7. The highest BCUT2D eigenvalue weighted by Gasteiger charge is 2.09. The molecule has 0 amide bonds. The Morgan fingerprint density at radius 2 is 2.16 bits per heavy atom. The molecular formula is C16H23NOS. The summed E-state index contributed by atoms with van der Waals surface area (Å²) in [5.74, 6) is 0. The van der Waals surface area contributed by atoms with Crippen LogP contribution in [0.3, 0.4) is 0 Å². The number of rotatable bonds is 7. The van der Waals surface area contributed by atoms with Crippen LogP contribution in [-0.2, 0) is 11.3 Å². The van der Waals surface area contributed by atoms with Crippen LogP contribution in [0.1, 0.15) is 24.8 Å². The molecule has 1 unspecified atom stereocenters. The molecule has 0 saturated heterocycles. The smallest absolute Gasteiger partial charge is 0.0587 e. The minimum absolute atomic E-state index is 0.666. The molecule has 0 fully saturated rings. The zero-order chi connectivity index (χ0) is 13.3. The summed E-state index contributed by atoms with van der Waals surface area (Å²) in [6.45, 7) is 2.58. The zero-order valence-electron chi connectivity index (χ0n) is 11.6. The molecule has 1 N–H and O–H groups in total. The molecule has 3 heteroatoms. The van der Waals surface area contributed by atoms with Crippen molar-refractivity contribution in [1.82, 2.24) is 5.32 Å². The van der Waals surface area contributed by atoms with Gasteiger partial charge < -0.3 is 10.1 Å². The average Bonchev–Trinajstić information content (AvgIpc) is 2.46. The van der Waals surface area contributed by atoms with Crippen LogP contribution in [0, 0.1) is 0 Å². The lowest BCUT2D eigenvalue weighted by molar-refractivity contribution is 0.199. The molecule has 0 saturated carbocycles. The van der Waals surface area contributed by atoms with Crippen molar-refractivity contribution in [3.05, 3.63) is 42.0 Å². The van der Waals surface area contributed by atoms with E-state index in [1.165, 1.54) is 29.7 Å². The second kappa shape index (κ2) is 8.41. The molecule has 19 heavy (non-hydrogen) atoms. The van der Waals surface area contributed by atoms with Crippen molar-refractivity contribution in [2.24, 2.45) is 0 Å². The van der Waals surface area contributed by atoms with E-state index in [-0.39, 0.29) is 0 Å². The maximum absolute atomic E-state index is 5.01. The van der Waals surface area contributed by atoms with Crippen molar-refractivity contribution >= 4 is 11.8 Å². The summed E-state index contributed by atoms with van der Waals surface area (Å²) in [6.07, 6.45) is 8.56. The molecule has 2 rings (SSSR count). The van der Waals surface area contributed by atoms with Gasteiger partial charge in [-0.3, -0.25) is 0 Å². The van der Waals surface area contributed by atoms with Crippen molar-refractivity contribution in [1.29, 1.82) is 0 Å². The molecular weight excluding hydrogens is 254 g/mol. The first-order chi connectivity index (χ1) is 9.38. The van der Waals surface area contributed by atoms with Crippen LogP contribution in [0.25, 0.3) is 0 Å². The topological polar surface area (TPSA) is 21.3 Å². The Bertz CT molecular complexity index is 388. The van der Waals surface area contributed by atoms with E-state index in [1.807, 2.05) is 11.8 Å². The lowest BCUT2D eigenvalue weighted by Crippen LogP contribution is -2.18. The standard InChI is InChI=1S/C16H23NOS/c1-18-12-11-17-13-14-7-9-16(10-8-14)19-15-5-3-2-4-6-15/h3,5,7-10,15,17H,2,4,6,11-13H2,1H3. The van der Waals surface area contributed by atoms with Crippen LogP contribution in [0.5, 0.6) is 0 Å². The van der Waals surface area contributed by atoms with Crippen molar-refractivity contribution in [3.63, 3.8) is 0 Å². The van der Waals surface area contributed by atoms with Gasteiger partial charge in [0, 0.05) is 30.3 Å². The molecule has 0 aliphatic heterocycles. The third-order valence-corrected chi connectivity index (χ3v) is 4.47. The molecule has 0 radical (unpaired) electrons. The summed E-state index contributed by atoms with van der Waals surface area (Å²) in [6, 6.07) is 8.91. The molecule has 1 aromatic carbocycles. The zero-order valence-corrected chi connectivity index (χ0v) is 12.4. The molecule has 1 aliphatic rings. The van der Waals surface area contributed by atoms with E-state index in [0.717, 1.165) is 19.7 Å². The van der Waals surface area contributed by atoms with Crippen molar-refractivity contribution in [3.8, 4) is 0 Å². The van der Waals surface area contributed by atoms with Crippen LogP contribution < -0.4 is 5.32 Å². The Morgan fingerprint density at radius 1 is 1.32 bits per heavy atom. The molecule has 0 aromatic heterocycles. The van der Waals surface area contributed by atoms with E-state index in [2.05, 4.69) is 41.7 Å². The summed E-state index contributed by atoms with van der Waals surface area (Å²) in [5, 5.41) is 4.03. The monoisotopic (exact) mass is 277 g/mol. The third-order valence-electron chi connectivity index (χ3n) is 3.23. The first kappa shape index (κ1) is 14.6. The fourth-order valence-corrected chi connectivity index (χ4v) is 3.26. The maximum Gasteiger partial charge on any atom is 0.0587 e. The predicted octanol–water partition coefficient (Wildman–Crippen LogP) is 3.62.